The van der Waals surface area contributed by atoms with Crippen molar-refractivity contribution in [1.82, 2.24) is 0 Å². The van der Waals surface area contributed by atoms with Crippen molar-refractivity contribution in [2.45, 2.75) is 0 Å². The van der Waals surface area contributed by atoms with Crippen LogP contribution in [0.15, 0.2) is 72.8 Å². The minimum absolute atomic E-state index is 0.0158. The third-order valence-corrected chi connectivity index (χ3v) is 4.18. The van der Waals surface area contributed by atoms with Crippen LogP contribution in [0, 0.1) is 15.9 Å². The summed E-state index contributed by atoms with van der Waals surface area (Å²) in [5.74, 6) is -2.79. The Hall–Kier alpha value is -4.40. The molecule has 0 heterocycles. The van der Waals surface area contributed by atoms with Gasteiger partial charge in [-0.15, -0.1) is 0 Å². The summed E-state index contributed by atoms with van der Waals surface area (Å²) < 4.78 is 18.2. The van der Waals surface area contributed by atoms with E-state index in [0.717, 1.165) is 18.2 Å². The highest BCUT2D eigenvalue weighted by atomic mass is 19.1. The molecule has 0 unspecified atom stereocenters. The van der Waals surface area contributed by atoms with E-state index in [-0.39, 0.29) is 17.0 Å². The van der Waals surface area contributed by atoms with Gasteiger partial charge in [-0.05, 0) is 24.3 Å². The molecule has 1 amide bonds. The van der Waals surface area contributed by atoms with Gasteiger partial charge in [0, 0.05) is 22.9 Å². The summed E-state index contributed by atoms with van der Waals surface area (Å²) in [5, 5.41) is 13.0. The van der Waals surface area contributed by atoms with Crippen molar-refractivity contribution in [2.24, 2.45) is 0 Å². The number of anilines is 1. The highest BCUT2D eigenvalue weighted by molar-refractivity contribution is 6.09. The van der Waals surface area contributed by atoms with E-state index in [2.05, 4.69) is 5.32 Å². The van der Waals surface area contributed by atoms with Crippen molar-refractivity contribution < 1.29 is 28.4 Å². The molecule has 0 saturated carbocycles. The quantitative estimate of drug-likeness (QED) is 0.268. The fourth-order valence-electron chi connectivity index (χ4n) is 2.66. The van der Waals surface area contributed by atoms with Gasteiger partial charge >= 0.3 is 11.7 Å². The van der Waals surface area contributed by atoms with Crippen molar-refractivity contribution in [1.29, 1.82) is 0 Å². The molecule has 0 aliphatic carbocycles. The fraction of sp³-hybridized carbons (Fsp3) is 0.0455. The highest BCUT2D eigenvalue weighted by Gasteiger charge is 2.16. The Bertz CT molecular complexity index is 1150. The number of rotatable bonds is 7. The van der Waals surface area contributed by atoms with Crippen LogP contribution in [0.4, 0.5) is 15.8 Å². The van der Waals surface area contributed by atoms with Crippen LogP contribution >= 0.6 is 0 Å². The molecule has 1 N–H and O–H groups in total. The van der Waals surface area contributed by atoms with Crippen LogP contribution in [0.2, 0.25) is 0 Å². The number of amides is 1. The van der Waals surface area contributed by atoms with Crippen LogP contribution in [0.25, 0.3) is 0 Å². The van der Waals surface area contributed by atoms with Crippen molar-refractivity contribution >= 4 is 29.0 Å². The molecule has 0 bridgehead atoms. The first kappa shape index (κ1) is 21.3. The van der Waals surface area contributed by atoms with Gasteiger partial charge in [-0.2, -0.15) is 4.39 Å². The van der Waals surface area contributed by atoms with Crippen LogP contribution in [-0.4, -0.2) is 29.2 Å². The zero-order valence-corrected chi connectivity index (χ0v) is 15.9. The Morgan fingerprint density at radius 1 is 0.903 bits per heavy atom. The van der Waals surface area contributed by atoms with E-state index < -0.39 is 34.9 Å². The minimum atomic E-state index is -1.04. The lowest BCUT2D eigenvalue weighted by atomic mass is 10.0. The van der Waals surface area contributed by atoms with Crippen LogP contribution in [0.5, 0.6) is 0 Å². The number of hydrogen-bond acceptors (Lipinski definition) is 6. The number of ketones is 1. The number of esters is 1. The maximum absolute atomic E-state index is 13.3. The lowest BCUT2D eigenvalue weighted by Gasteiger charge is -2.07. The van der Waals surface area contributed by atoms with Crippen molar-refractivity contribution in [3.05, 3.63) is 105 Å². The molecule has 0 spiro atoms. The second-order valence-electron chi connectivity index (χ2n) is 6.32. The second kappa shape index (κ2) is 9.40. The minimum Gasteiger partial charge on any atom is -0.452 e. The number of nitro benzene ring substituents is 1. The number of nitrogens with zero attached hydrogens (tertiary/aromatic N) is 1. The van der Waals surface area contributed by atoms with E-state index in [0.29, 0.717) is 11.1 Å². The first-order valence-corrected chi connectivity index (χ1v) is 8.96. The van der Waals surface area contributed by atoms with E-state index in [4.69, 9.17) is 4.74 Å². The Kier molecular flexibility index (Phi) is 6.46. The number of benzene rings is 3. The van der Waals surface area contributed by atoms with Crippen molar-refractivity contribution in [3.63, 3.8) is 0 Å². The van der Waals surface area contributed by atoms with Crippen LogP contribution in [-0.2, 0) is 9.53 Å². The van der Waals surface area contributed by atoms with Gasteiger partial charge < -0.3 is 10.1 Å². The molecule has 3 aromatic rings. The molecule has 0 radical (unpaired) electrons. The van der Waals surface area contributed by atoms with Crippen LogP contribution < -0.4 is 5.32 Å². The van der Waals surface area contributed by atoms with Gasteiger partial charge in [0.2, 0.25) is 5.82 Å². The van der Waals surface area contributed by atoms with Gasteiger partial charge in [-0.1, -0.05) is 42.5 Å². The lowest BCUT2D eigenvalue weighted by molar-refractivity contribution is -0.387. The maximum atomic E-state index is 13.3. The number of halogens is 1. The van der Waals surface area contributed by atoms with Gasteiger partial charge in [0.05, 0.1) is 10.5 Å². The molecule has 0 atom stereocenters. The van der Waals surface area contributed by atoms with Crippen molar-refractivity contribution in [2.75, 3.05) is 11.9 Å². The van der Waals surface area contributed by atoms with E-state index >= 15 is 0 Å². The summed E-state index contributed by atoms with van der Waals surface area (Å²) in [6.45, 7) is -0.658. The average Bonchev–Trinajstić information content (AvgIpc) is 2.78. The summed E-state index contributed by atoms with van der Waals surface area (Å²) >= 11 is 0. The smallest absolute Gasteiger partial charge is 0.338 e. The van der Waals surface area contributed by atoms with E-state index in [1.165, 1.54) is 24.3 Å². The Balaban J connectivity index is 1.57. The molecule has 0 saturated heterocycles. The van der Waals surface area contributed by atoms with Gasteiger partial charge in [-0.25, -0.2) is 4.79 Å². The molecule has 8 nitrogen and oxygen atoms in total. The summed E-state index contributed by atoms with van der Waals surface area (Å²) in [5.41, 5.74) is 0.224. The van der Waals surface area contributed by atoms with Crippen LogP contribution in [0.1, 0.15) is 26.3 Å². The molecule has 3 aromatic carbocycles. The molecule has 0 fully saturated rings. The summed E-state index contributed by atoms with van der Waals surface area (Å²) in [4.78, 5) is 46.2. The third kappa shape index (κ3) is 5.36. The first-order chi connectivity index (χ1) is 14.8. The maximum Gasteiger partial charge on any atom is 0.338 e. The number of carbonyl (C=O) groups excluding carboxylic acids is 3. The molecule has 9 heteroatoms. The predicted molar refractivity (Wildman–Crippen MR) is 108 cm³/mol. The lowest BCUT2D eigenvalue weighted by Crippen LogP contribution is -2.21. The third-order valence-electron chi connectivity index (χ3n) is 4.18. The highest BCUT2D eigenvalue weighted by Crippen LogP contribution is 2.21. The van der Waals surface area contributed by atoms with Gasteiger partial charge in [-0.3, -0.25) is 19.7 Å². The number of carbonyl (C=O) groups is 3. The number of nitrogens with one attached hydrogen (secondary N) is 1. The zero-order valence-electron chi connectivity index (χ0n) is 15.9. The number of ether oxygens (including phenoxy) is 1. The van der Waals surface area contributed by atoms with E-state index in [1.54, 1.807) is 30.3 Å². The summed E-state index contributed by atoms with van der Waals surface area (Å²) in [6, 6.07) is 17.2. The molecule has 0 aromatic heterocycles. The monoisotopic (exact) mass is 422 g/mol. The largest absolute Gasteiger partial charge is 0.452 e. The Morgan fingerprint density at radius 2 is 1.52 bits per heavy atom. The number of nitro groups is 1. The predicted octanol–water partition coefficient (Wildman–Crippen LogP) is 3.76. The van der Waals surface area contributed by atoms with Crippen molar-refractivity contribution in [3.8, 4) is 0 Å². The van der Waals surface area contributed by atoms with Gasteiger partial charge in [0.25, 0.3) is 5.91 Å². The Labute approximate surface area is 175 Å². The topological polar surface area (TPSA) is 116 Å². The molecule has 31 heavy (non-hydrogen) atoms. The average molecular weight is 422 g/mol. The standard InChI is InChI=1S/C22H15FN2O6/c23-18-11-10-17(12-19(18)25(29)30)24-20(26)13-31-22(28)16-8-6-15(7-9-16)21(27)14-4-2-1-3-5-14/h1-12H,13H2,(H,24,26). The van der Waals surface area contributed by atoms with Gasteiger partial charge in [0.1, 0.15) is 0 Å². The zero-order chi connectivity index (χ0) is 22.4. The van der Waals surface area contributed by atoms with E-state index in [1.807, 2.05) is 0 Å². The molecule has 3 rings (SSSR count). The Morgan fingerprint density at radius 3 is 2.16 bits per heavy atom. The normalized spacial score (nSPS) is 10.2. The summed E-state index contributed by atoms with van der Waals surface area (Å²) in [6.07, 6.45) is 0. The fourth-order valence-corrected chi connectivity index (χ4v) is 2.66. The molecule has 0 aliphatic rings. The second-order valence-corrected chi connectivity index (χ2v) is 6.32. The number of hydrogen-bond donors (Lipinski definition) is 1. The SMILES string of the molecule is O=C(COC(=O)c1ccc(C(=O)c2ccccc2)cc1)Nc1ccc(F)c([N+](=O)[O-])c1. The first-order valence-electron chi connectivity index (χ1n) is 8.96. The molecule has 0 aliphatic heterocycles. The van der Waals surface area contributed by atoms with Crippen LogP contribution in [0.3, 0.4) is 0 Å². The molecule has 156 valence electrons. The molecular formula is C22H15FN2O6. The molecular weight excluding hydrogens is 407 g/mol. The van der Waals surface area contributed by atoms with E-state index in [9.17, 15) is 28.9 Å². The van der Waals surface area contributed by atoms with Gasteiger partial charge in [0.15, 0.2) is 12.4 Å². The summed E-state index contributed by atoms with van der Waals surface area (Å²) in [7, 11) is 0.